The van der Waals surface area contributed by atoms with Crippen molar-refractivity contribution in [3.8, 4) is 0 Å². The Bertz CT molecular complexity index is 15.5. The summed E-state index contributed by atoms with van der Waals surface area (Å²) in [4.78, 5) is 0. The van der Waals surface area contributed by atoms with Crippen molar-refractivity contribution in [3.05, 3.63) is 0 Å². The molecule has 0 aliphatic carbocycles. The van der Waals surface area contributed by atoms with Crippen LogP contribution in [-0.4, -0.2) is 43.8 Å². The molecule has 0 saturated carbocycles. The summed E-state index contributed by atoms with van der Waals surface area (Å²) in [6.45, 7) is 3.22. The Morgan fingerprint density at radius 2 is 1.33 bits per heavy atom. The van der Waals surface area contributed by atoms with Crippen LogP contribution in [0.4, 0.5) is 0 Å². The molecule has 0 heterocycles. The third kappa shape index (κ3) is 49.2. The van der Waals surface area contributed by atoms with E-state index in [4.69, 9.17) is 0 Å². The molecule has 0 rings (SSSR count). The van der Waals surface area contributed by atoms with Gasteiger partial charge in [0.2, 0.25) is 0 Å². The van der Waals surface area contributed by atoms with E-state index in [1.165, 1.54) is 0 Å². The molecule has 0 saturated heterocycles. The molecule has 0 spiro atoms. The Morgan fingerprint density at radius 3 is 1.33 bits per heavy atom. The molecule has 0 aromatic heterocycles. The van der Waals surface area contributed by atoms with Gasteiger partial charge in [0.25, 0.3) is 0 Å². The average molecular weight is 135 g/mol. The second-order valence-corrected chi connectivity index (χ2v) is 1.05. The van der Waals surface area contributed by atoms with E-state index in [1.807, 2.05) is 0 Å². The van der Waals surface area contributed by atoms with Gasteiger partial charge in [-0.3, -0.25) is 0 Å². The summed E-state index contributed by atoms with van der Waals surface area (Å²) < 4.78 is 0. The van der Waals surface area contributed by atoms with Crippen LogP contribution in [-0.2, 0) is 0 Å². The van der Waals surface area contributed by atoms with Crippen molar-refractivity contribution in [3.63, 3.8) is 0 Å². The van der Waals surface area contributed by atoms with Crippen LogP contribution in [0.25, 0.3) is 0 Å². The minimum atomic E-state index is -0.417. The van der Waals surface area contributed by atoms with Crippen molar-refractivity contribution >= 4 is 37.7 Å². The van der Waals surface area contributed by atoms with Gasteiger partial charge in [0.05, 0.1) is 0 Å². The number of rotatable bonds is 0. The minimum absolute atomic E-state index is 0. The van der Waals surface area contributed by atoms with Gasteiger partial charge in [-0.05, 0) is 0 Å². The van der Waals surface area contributed by atoms with Crippen LogP contribution < -0.4 is 17.5 Å². The fraction of sp³-hybridized carbons (Fsp3) is 1.00. The standard InChI is InChI=1S/C3H7O.Ca.ClH/c1-3(2)4;;/h3H,1-2H3;;1H/q-1;+2;/p-1. The summed E-state index contributed by atoms with van der Waals surface area (Å²) in [5.74, 6) is 0. The van der Waals surface area contributed by atoms with Gasteiger partial charge in [-0.1, -0.05) is 13.8 Å². The van der Waals surface area contributed by atoms with E-state index in [0.29, 0.717) is 0 Å². The van der Waals surface area contributed by atoms with Crippen LogP contribution in [0.1, 0.15) is 13.8 Å². The predicted octanol–water partition coefficient (Wildman–Crippen LogP) is -3.62. The van der Waals surface area contributed by atoms with E-state index in [9.17, 15) is 5.11 Å². The molecule has 34 valence electrons. The van der Waals surface area contributed by atoms with Crippen molar-refractivity contribution in [1.82, 2.24) is 0 Å². The first-order valence-electron chi connectivity index (χ1n) is 1.39. The molecule has 0 unspecified atom stereocenters. The van der Waals surface area contributed by atoms with E-state index in [1.54, 1.807) is 13.8 Å². The maximum absolute atomic E-state index is 9.53. The number of hydrogen-bond donors (Lipinski definition) is 0. The van der Waals surface area contributed by atoms with E-state index in [-0.39, 0.29) is 50.1 Å². The van der Waals surface area contributed by atoms with Crippen LogP contribution in [0.15, 0.2) is 0 Å². The predicted molar refractivity (Wildman–Crippen MR) is 20.9 cm³/mol. The first-order valence-corrected chi connectivity index (χ1v) is 1.39. The molecule has 0 atom stereocenters. The van der Waals surface area contributed by atoms with Crippen LogP contribution in [0.3, 0.4) is 0 Å². The summed E-state index contributed by atoms with van der Waals surface area (Å²) in [6, 6.07) is 0. The van der Waals surface area contributed by atoms with Crippen molar-refractivity contribution in [1.29, 1.82) is 0 Å². The summed E-state index contributed by atoms with van der Waals surface area (Å²) in [5, 5.41) is 9.53. The summed E-state index contributed by atoms with van der Waals surface area (Å²) in [6.07, 6.45) is -0.417. The van der Waals surface area contributed by atoms with E-state index >= 15 is 0 Å². The minimum Gasteiger partial charge on any atom is -1.00 e. The first kappa shape index (κ1) is 15.6. The van der Waals surface area contributed by atoms with Crippen LogP contribution in [0.5, 0.6) is 0 Å². The second-order valence-electron chi connectivity index (χ2n) is 1.05. The van der Waals surface area contributed by atoms with Crippen molar-refractivity contribution in [2.75, 3.05) is 0 Å². The normalized spacial score (nSPS) is 6.00. The van der Waals surface area contributed by atoms with Crippen molar-refractivity contribution < 1.29 is 17.5 Å². The molecule has 0 fully saturated rings. The Morgan fingerprint density at radius 1 is 1.33 bits per heavy atom. The Kier molecular flexibility index (Phi) is 25.3. The zero-order valence-electron chi connectivity index (χ0n) is 4.07. The summed E-state index contributed by atoms with van der Waals surface area (Å²) in [7, 11) is 0. The topological polar surface area (TPSA) is 23.1 Å². The van der Waals surface area contributed by atoms with Crippen LogP contribution in [0.2, 0.25) is 0 Å². The maximum Gasteiger partial charge on any atom is 2.00 e. The fourth-order valence-corrected chi connectivity index (χ4v) is 0. The molecule has 0 aliphatic rings. The molecule has 0 aromatic rings. The Hall–Kier alpha value is 1.51. The van der Waals surface area contributed by atoms with Gasteiger partial charge in [-0.25, -0.2) is 0 Å². The smallest absolute Gasteiger partial charge is 1.00 e. The molecule has 6 heavy (non-hydrogen) atoms. The van der Waals surface area contributed by atoms with E-state index in [2.05, 4.69) is 0 Å². The Labute approximate surface area is 74.5 Å². The van der Waals surface area contributed by atoms with Crippen molar-refractivity contribution in [2.45, 2.75) is 20.0 Å². The fourth-order valence-electron chi connectivity index (χ4n) is 0. The van der Waals surface area contributed by atoms with Gasteiger partial charge in [0.1, 0.15) is 0 Å². The maximum atomic E-state index is 9.53. The first-order chi connectivity index (χ1) is 1.73. The van der Waals surface area contributed by atoms with Gasteiger partial charge in [0, 0.05) is 0 Å². The van der Waals surface area contributed by atoms with Gasteiger partial charge in [0.15, 0.2) is 0 Å². The second kappa shape index (κ2) is 9.72. The summed E-state index contributed by atoms with van der Waals surface area (Å²) in [5.41, 5.74) is 0. The average Bonchev–Trinajstić information content (AvgIpc) is 0.811. The number of halogens is 1. The van der Waals surface area contributed by atoms with E-state index < -0.39 is 6.10 Å². The molecule has 0 N–H and O–H groups in total. The largest absolute Gasteiger partial charge is 2.00 e. The van der Waals surface area contributed by atoms with Gasteiger partial charge < -0.3 is 17.5 Å². The van der Waals surface area contributed by atoms with Gasteiger partial charge in [-0.15, -0.1) is 6.10 Å². The summed E-state index contributed by atoms with van der Waals surface area (Å²) >= 11 is 0. The number of hydrogen-bond acceptors (Lipinski definition) is 1. The molecule has 0 aromatic carbocycles. The molecule has 1 nitrogen and oxygen atoms in total. The molecule has 0 amide bonds. The molecular weight excluding hydrogens is 128 g/mol. The quantitative estimate of drug-likeness (QED) is 0.314. The van der Waals surface area contributed by atoms with Crippen molar-refractivity contribution in [2.24, 2.45) is 0 Å². The zero-order chi connectivity index (χ0) is 3.58. The molecular formula is C3H7CaClO. The molecule has 0 bridgehead atoms. The zero-order valence-corrected chi connectivity index (χ0v) is 7.03. The Balaban J connectivity index is -0.0000000450. The molecule has 3 heteroatoms. The third-order valence-corrected chi connectivity index (χ3v) is 0. The monoisotopic (exact) mass is 134 g/mol. The molecule has 0 aliphatic heterocycles. The third-order valence-electron chi connectivity index (χ3n) is 0. The van der Waals surface area contributed by atoms with Gasteiger partial charge >= 0.3 is 37.7 Å². The van der Waals surface area contributed by atoms with Crippen LogP contribution in [0, 0.1) is 0 Å². The van der Waals surface area contributed by atoms with Crippen LogP contribution >= 0.6 is 0 Å². The van der Waals surface area contributed by atoms with E-state index in [0.717, 1.165) is 0 Å². The molecule has 0 radical (unpaired) electrons. The SMILES string of the molecule is CC(C)[O-].[Ca+2].[Cl-]. The van der Waals surface area contributed by atoms with Gasteiger partial charge in [-0.2, -0.15) is 0 Å².